The average molecular weight is 533 g/mol. The van der Waals surface area contributed by atoms with Gasteiger partial charge in [0.1, 0.15) is 12.3 Å². The smallest absolute Gasteiger partial charge is 0.240 e. The first-order chi connectivity index (χ1) is 17.5. The van der Waals surface area contributed by atoms with E-state index in [-0.39, 0.29) is 40.4 Å². The highest BCUT2D eigenvalue weighted by molar-refractivity contribution is 7.89. The van der Waals surface area contributed by atoms with Gasteiger partial charge in [-0.2, -0.15) is 0 Å². The average Bonchev–Trinajstić information content (AvgIpc) is 2.84. The summed E-state index contributed by atoms with van der Waals surface area (Å²) in [5.74, 6) is -1.08. The van der Waals surface area contributed by atoms with Gasteiger partial charge in [-0.3, -0.25) is 0 Å². The molecule has 12 heteroatoms. The first-order valence-corrected chi connectivity index (χ1v) is 13.3. The number of rotatable bonds is 9. The largest absolute Gasteiger partial charge is 0.486 e. The number of nitrogens with one attached hydrogen (secondary N) is 2. The first-order valence-electron chi connectivity index (χ1n) is 11.8. The second kappa shape index (κ2) is 11.0. The van der Waals surface area contributed by atoms with Crippen LogP contribution >= 0.6 is 0 Å². The molecule has 2 N–H and O–H groups in total. The van der Waals surface area contributed by atoms with E-state index in [2.05, 4.69) is 20.0 Å². The molecule has 1 aliphatic heterocycles. The van der Waals surface area contributed by atoms with Crippen LogP contribution in [-0.4, -0.2) is 69.7 Å². The minimum absolute atomic E-state index is 0.0715. The lowest BCUT2D eigenvalue weighted by Gasteiger charge is -2.34. The lowest BCUT2D eigenvalue weighted by molar-refractivity contribution is 0.287. The molecule has 0 saturated heterocycles. The molecule has 0 aliphatic carbocycles. The number of ether oxygens (including phenoxy) is 1. The van der Waals surface area contributed by atoms with Gasteiger partial charge in [-0.25, -0.2) is 31.9 Å². The molecule has 0 bridgehead atoms. The molecule has 0 radical (unpaired) electrons. The van der Waals surface area contributed by atoms with E-state index in [4.69, 9.17) is 4.74 Å². The van der Waals surface area contributed by atoms with E-state index in [0.29, 0.717) is 31.1 Å². The molecule has 1 aliphatic rings. The van der Waals surface area contributed by atoms with Crippen molar-refractivity contribution in [2.75, 3.05) is 50.6 Å². The van der Waals surface area contributed by atoms with Crippen molar-refractivity contribution in [3.63, 3.8) is 0 Å². The van der Waals surface area contributed by atoms with Crippen molar-refractivity contribution in [2.45, 2.75) is 24.8 Å². The maximum Gasteiger partial charge on any atom is 0.240 e. The van der Waals surface area contributed by atoms with Crippen molar-refractivity contribution in [3.8, 4) is 17.0 Å². The van der Waals surface area contributed by atoms with Gasteiger partial charge in [0.05, 0.1) is 23.3 Å². The van der Waals surface area contributed by atoms with Crippen LogP contribution in [0, 0.1) is 11.6 Å². The summed E-state index contributed by atoms with van der Waals surface area (Å²) in [4.78, 5) is 12.2. The van der Waals surface area contributed by atoms with Gasteiger partial charge in [0.25, 0.3) is 0 Å². The molecule has 3 aromatic rings. The topological polar surface area (TPSA) is 99.7 Å². The Bertz CT molecular complexity index is 1370. The highest BCUT2D eigenvalue weighted by Gasteiger charge is 2.25. The third-order valence-electron chi connectivity index (χ3n) is 5.82. The summed E-state index contributed by atoms with van der Waals surface area (Å²) < 4.78 is 62.6. The van der Waals surface area contributed by atoms with Crippen LogP contribution in [0.25, 0.3) is 11.3 Å². The molecular weight excluding hydrogens is 502 g/mol. The fourth-order valence-corrected chi connectivity index (χ4v) is 4.96. The minimum atomic E-state index is -3.65. The van der Waals surface area contributed by atoms with E-state index in [0.717, 1.165) is 6.20 Å². The molecule has 0 amide bonds. The zero-order chi connectivity index (χ0) is 26.7. The van der Waals surface area contributed by atoms with Crippen LogP contribution in [0.4, 0.5) is 26.1 Å². The summed E-state index contributed by atoms with van der Waals surface area (Å²) >= 11 is 0. The van der Waals surface area contributed by atoms with Gasteiger partial charge in [0.2, 0.25) is 16.0 Å². The van der Waals surface area contributed by atoms with Crippen molar-refractivity contribution < 1.29 is 21.9 Å². The zero-order valence-corrected chi connectivity index (χ0v) is 21.9. The van der Waals surface area contributed by atoms with Gasteiger partial charge < -0.3 is 19.9 Å². The summed E-state index contributed by atoms with van der Waals surface area (Å²) in [5.41, 5.74) is 1.22. The number of hydrogen-bond acceptors (Lipinski definition) is 8. The Morgan fingerprint density at radius 3 is 2.54 bits per heavy atom. The van der Waals surface area contributed by atoms with Crippen LogP contribution in [0.2, 0.25) is 0 Å². The molecule has 198 valence electrons. The van der Waals surface area contributed by atoms with Crippen molar-refractivity contribution >= 4 is 27.3 Å². The van der Waals surface area contributed by atoms with Crippen molar-refractivity contribution in [2.24, 2.45) is 0 Å². The summed E-state index contributed by atoms with van der Waals surface area (Å²) in [7, 11) is 0.0599. The van der Waals surface area contributed by atoms with Crippen LogP contribution in [0.5, 0.6) is 5.75 Å². The van der Waals surface area contributed by atoms with Gasteiger partial charge in [0.15, 0.2) is 17.4 Å². The van der Waals surface area contributed by atoms with E-state index in [9.17, 15) is 17.2 Å². The van der Waals surface area contributed by atoms with Crippen molar-refractivity contribution in [1.82, 2.24) is 19.6 Å². The van der Waals surface area contributed by atoms with E-state index >= 15 is 0 Å². The first kappa shape index (κ1) is 26.7. The van der Waals surface area contributed by atoms with Crippen LogP contribution in [-0.2, 0) is 10.0 Å². The summed E-state index contributed by atoms with van der Waals surface area (Å²) in [6, 6.07) is 8.97. The molecule has 2 aromatic carbocycles. The molecule has 4 rings (SSSR count). The molecule has 0 fully saturated rings. The normalized spacial score (nSPS) is 13.6. The lowest BCUT2D eigenvalue weighted by atomic mass is 10.1. The maximum absolute atomic E-state index is 14.9. The maximum atomic E-state index is 14.9. The standard InChI is InChI=1S/C25H30F2N6O3S/c1-16(2)33-11-12-36-24-20(26)13-17(14-22(24)33)23-21(27)15-28-25(31-23)30-18-5-7-19(8-6-18)37(34,35)29-9-10-32(3)4/h5-8,13-16,29H,9-12H2,1-4H3,(H,28,30,31). The molecule has 2 heterocycles. The van der Waals surface area contributed by atoms with E-state index in [1.165, 1.54) is 18.2 Å². The Kier molecular flexibility index (Phi) is 7.90. The number of anilines is 3. The Morgan fingerprint density at radius 1 is 1.14 bits per heavy atom. The predicted molar refractivity (Wildman–Crippen MR) is 139 cm³/mol. The number of benzene rings is 2. The lowest BCUT2D eigenvalue weighted by Crippen LogP contribution is -2.38. The number of aromatic nitrogens is 2. The number of likely N-dealkylation sites (N-methyl/N-ethyl adjacent to an activating group) is 1. The summed E-state index contributed by atoms with van der Waals surface area (Å²) in [6.45, 7) is 5.78. The van der Waals surface area contributed by atoms with E-state index < -0.39 is 21.7 Å². The Hall–Kier alpha value is -3.35. The SMILES string of the molecule is CC(C)N1CCOc2c(F)cc(-c3nc(Nc4ccc(S(=O)(=O)NCCN(C)C)cc4)ncc3F)cc21. The summed E-state index contributed by atoms with van der Waals surface area (Å²) in [6.07, 6.45) is 1.01. The van der Waals surface area contributed by atoms with Crippen LogP contribution in [0.1, 0.15) is 13.8 Å². The van der Waals surface area contributed by atoms with Gasteiger partial charge in [-0.15, -0.1) is 0 Å². The van der Waals surface area contributed by atoms with Crippen molar-refractivity contribution in [1.29, 1.82) is 0 Å². The van der Waals surface area contributed by atoms with Crippen LogP contribution < -0.4 is 19.7 Å². The second-order valence-corrected chi connectivity index (χ2v) is 10.9. The third-order valence-corrected chi connectivity index (χ3v) is 7.30. The predicted octanol–water partition coefficient (Wildman–Crippen LogP) is 3.61. The minimum Gasteiger partial charge on any atom is -0.486 e. The zero-order valence-electron chi connectivity index (χ0n) is 21.1. The highest BCUT2D eigenvalue weighted by Crippen LogP contribution is 2.39. The monoisotopic (exact) mass is 532 g/mol. The molecule has 0 spiro atoms. The number of hydrogen-bond donors (Lipinski definition) is 2. The second-order valence-electron chi connectivity index (χ2n) is 9.18. The van der Waals surface area contributed by atoms with E-state index in [1.54, 1.807) is 18.2 Å². The van der Waals surface area contributed by atoms with Crippen LogP contribution in [0.15, 0.2) is 47.5 Å². The molecule has 37 heavy (non-hydrogen) atoms. The Morgan fingerprint density at radius 2 is 1.86 bits per heavy atom. The molecule has 1 aromatic heterocycles. The van der Waals surface area contributed by atoms with Crippen LogP contribution in [0.3, 0.4) is 0 Å². The quantitative estimate of drug-likeness (QED) is 0.431. The van der Waals surface area contributed by atoms with Crippen molar-refractivity contribution in [3.05, 3.63) is 54.2 Å². The summed E-state index contributed by atoms with van der Waals surface area (Å²) in [5, 5.41) is 2.94. The fraction of sp³-hybridized carbons (Fsp3) is 0.360. The molecule has 9 nitrogen and oxygen atoms in total. The third kappa shape index (κ3) is 6.14. The van der Waals surface area contributed by atoms with Gasteiger partial charge in [0, 0.05) is 30.4 Å². The van der Waals surface area contributed by atoms with Gasteiger partial charge in [-0.1, -0.05) is 0 Å². The molecule has 0 atom stereocenters. The molecular formula is C25H30F2N6O3S. The fourth-order valence-electron chi connectivity index (χ4n) is 3.94. The Balaban J connectivity index is 1.57. The van der Waals surface area contributed by atoms with E-state index in [1.807, 2.05) is 37.7 Å². The van der Waals surface area contributed by atoms with Gasteiger partial charge in [-0.05, 0) is 64.3 Å². The number of nitrogens with zero attached hydrogens (tertiary/aromatic N) is 4. The highest BCUT2D eigenvalue weighted by atomic mass is 32.2. The molecule has 0 unspecified atom stereocenters. The molecule has 0 saturated carbocycles. The number of halogens is 2. The Labute approximate surface area is 215 Å². The number of sulfonamides is 1. The number of fused-ring (bicyclic) bond motifs is 1. The van der Waals surface area contributed by atoms with Gasteiger partial charge >= 0.3 is 0 Å².